The zero-order chi connectivity index (χ0) is 18.0. The number of fused-ring (bicyclic) bond motifs is 1. The normalized spacial score (nSPS) is 15.9. The summed E-state index contributed by atoms with van der Waals surface area (Å²) in [6, 6.07) is 10.5. The fourth-order valence-corrected chi connectivity index (χ4v) is 2.79. The topological polar surface area (TPSA) is 60.8 Å². The molecule has 1 atom stereocenters. The van der Waals surface area contributed by atoms with Gasteiger partial charge in [-0.15, -0.1) is 0 Å². The van der Waals surface area contributed by atoms with Crippen LogP contribution < -0.4 is 15.0 Å². The maximum Gasteiger partial charge on any atom is 0.255 e. The van der Waals surface area contributed by atoms with Crippen molar-refractivity contribution < 1.29 is 14.3 Å². The summed E-state index contributed by atoms with van der Waals surface area (Å²) in [7, 11) is 1.63. The average molecular weight is 342 g/mol. The van der Waals surface area contributed by atoms with Crippen molar-refractivity contribution in [3.63, 3.8) is 0 Å². The highest BCUT2D eigenvalue weighted by Crippen LogP contribution is 2.31. The summed E-state index contributed by atoms with van der Waals surface area (Å²) < 4.78 is 13.1. The predicted molar refractivity (Wildman–Crippen MR) is 94.2 cm³/mol. The van der Waals surface area contributed by atoms with E-state index in [1.54, 1.807) is 24.2 Å². The molecule has 2 aromatic rings. The molecule has 2 heterocycles. The number of rotatable bonds is 4. The van der Waals surface area contributed by atoms with Gasteiger partial charge in [0.15, 0.2) is 17.6 Å². The molecule has 132 valence electrons. The Morgan fingerprint density at radius 1 is 1.24 bits per heavy atom. The SMILES string of the molecule is CC(C)N(C[C@H]1COc2ccccc2O1)C(=O)c1ccc(=O)n(C)c1. The van der Waals surface area contributed by atoms with Crippen molar-refractivity contribution in [2.75, 3.05) is 13.2 Å². The van der Waals surface area contributed by atoms with Gasteiger partial charge in [-0.3, -0.25) is 9.59 Å². The van der Waals surface area contributed by atoms with Gasteiger partial charge in [-0.2, -0.15) is 0 Å². The minimum atomic E-state index is -0.242. The summed E-state index contributed by atoms with van der Waals surface area (Å²) in [6.45, 7) is 4.71. The van der Waals surface area contributed by atoms with Crippen LogP contribution in [-0.4, -0.2) is 40.7 Å². The van der Waals surface area contributed by atoms with Gasteiger partial charge in [0, 0.05) is 25.4 Å². The van der Waals surface area contributed by atoms with Crippen LogP contribution in [0, 0.1) is 0 Å². The lowest BCUT2D eigenvalue weighted by atomic mass is 10.2. The molecule has 0 saturated heterocycles. The molecule has 1 amide bonds. The van der Waals surface area contributed by atoms with Crippen molar-refractivity contribution in [2.45, 2.75) is 26.0 Å². The van der Waals surface area contributed by atoms with Gasteiger partial charge in [-0.05, 0) is 32.0 Å². The number of aromatic nitrogens is 1. The summed E-state index contributed by atoms with van der Waals surface area (Å²) in [5, 5.41) is 0. The van der Waals surface area contributed by atoms with E-state index in [1.807, 2.05) is 38.1 Å². The molecule has 0 N–H and O–H groups in total. The number of pyridine rings is 1. The first-order chi connectivity index (χ1) is 12.0. The van der Waals surface area contributed by atoms with E-state index < -0.39 is 0 Å². The largest absolute Gasteiger partial charge is 0.486 e. The van der Waals surface area contributed by atoms with Crippen molar-refractivity contribution in [1.29, 1.82) is 0 Å². The molecule has 0 unspecified atom stereocenters. The molecule has 0 fully saturated rings. The minimum absolute atomic E-state index is 0.00879. The summed E-state index contributed by atoms with van der Waals surface area (Å²) in [5.74, 6) is 1.28. The zero-order valence-corrected chi connectivity index (χ0v) is 14.6. The van der Waals surface area contributed by atoms with Gasteiger partial charge >= 0.3 is 0 Å². The molecule has 1 aliphatic rings. The summed E-state index contributed by atoms with van der Waals surface area (Å²) in [4.78, 5) is 26.2. The average Bonchev–Trinajstić information content (AvgIpc) is 2.61. The molecule has 0 radical (unpaired) electrons. The molecule has 3 rings (SSSR count). The number of para-hydroxylation sites is 2. The Balaban J connectivity index is 1.77. The molecule has 0 spiro atoms. The van der Waals surface area contributed by atoms with Gasteiger partial charge in [0.1, 0.15) is 6.61 Å². The van der Waals surface area contributed by atoms with Gasteiger partial charge in [-0.25, -0.2) is 0 Å². The first-order valence-electron chi connectivity index (χ1n) is 8.32. The standard InChI is InChI=1S/C19H22N2O4/c1-13(2)21(19(23)14-8-9-18(22)20(3)10-14)11-15-12-24-16-6-4-5-7-17(16)25-15/h4-10,13,15H,11-12H2,1-3H3/t15-/m0/s1. The second kappa shape index (κ2) is 7.01. The number of benzene rings is 1. The highest BCUT2D eigenvalue weighted by Gasteiger charge is 2.27. The molecule has 6 nitrogen and oxygen atoms in total. The molecule has 1 aliphatic heterocycles. The Bertz CT molecular complexity index is 828. The van der Waals surface area contributed by atoms with Crippen LogP contribution in [0.4, 0.5) is 0 Å². The Labute approximate surface area is 146 Å². The molecule has 0 aliphatic carbocycles. The second-order valence-corrected chi connectivity index (χ2v) is 6.42. The lowest BCUT2D eigenvalue weighted by Gasteiger charge is -2.33. The van der Waals surface area contributed by atoms with Crippen molar-refractivity contribution in [2.24, 2.45) is 7.05 Å². The molecule has 1 aromatic carbocycles. The van der Waals surface area contributed by atoms with Crippen LogP contribution in [0.15, 0.2) is 47.4 Å². The van der Waals surface area contributed by atoms with Crippen LogP contribution >= 0.6 is 0 Å². The molecular weight excluding hydrogens is 320 g/mol. The van der Waals surface area contributed by atoms with Gasteiger partial charge < -0.3 is 18.9 Å². The fraction of sp³-hybridized carbons (Fsp3) is 0.368. The number of amides is 1. The maximum absolute atomic E-state index is 12.9. The predicted octanol–water partition coefficient (Wildman–Crippen LogP) is 2.08. The number of hydrogen-bond acceptors (Lipinski definition) is 4. The highest BCUT2D eigenvalue weighted by atomic mass is 16.6. The third kappa shape index (κ3) is 3.68. The Morgan fingerprint density at radius 2 is 1.96 bits per heavy atom. The Hall–Kier alpha value is -2.76. The fourth-order valence-electron chi connectivity index (χ4n) is 2.79. The van der Waals surface area contributed by atoms with E-state index in [0.717, 1.165) is 5.75 Å². The zero-order valence-electron chi connectivity index (χ0n) is 14.6. The first-order valence-corrected chi connectivity index (χ1v) is 8.32. The van der Waals surface area contributed by atoms with Crippen LogP contribution in [-0.2, 0) is 7.05 Å². The van der Waals surface area contributed by atoms with E-state index in [4.69, 9.17) is 9.47 Å². The molecule has 0 bridgehead atoms. The van der Waals surface area contributed by atoms with Crippen LogP contribution in [0.25, 0.3) is 0 Å². The molecule has 25 heavy (non-hydrogen) atoms. The van der Waals surface area contributed by atoms with Crippen molar-refractivity contribution >= 4 is 5.91 Å². The Morgan fingerprint density at radius 3 is 2.64 bits per heavy atom. The van der Waals surface area contributed by atoms with E-state index in [2.05, 4.69) is 0 Å². The number of ether oxygens (including phenoxy) is 2. The van der Waals surface area contributed by atoms with E-state index in [1.165, 1.54) is 10.6 Å². The molecule has 0 saturated carbocycles. The van der Waals surface area contributed by atoms with Crippen LogP contribution in [0.5, 0.6) is 11.5 Å². The van der Waals surface area contributed by atoms with Gasteiger partial charge in [-0.1, -0.05) is 12.1 Å². The van der Waals surface area contributed by atoms with Crippen LogP contribution in [0.3, 0.4) is 0 Å². The smallest absolute Gasteiger partial charge is 0.255 e. The van der Waals surface area contributed by atoms with Crippen molar-refractivity contribution in [1.82, 2.24) is 9.47 Å². The summed E-state index contributed by atoms with van der Waals surface area (Å²) in [6.07, 6.45) is 1.32. The highest BCUT2D eigenvalue weighted by molar-refractivity contribution is 5.94. The Kier molecular flexibility index (Phi) is 4.79. The van der Waals surface area contributed by atoms with Gasteiger partial charge in [0.05, 0.1) is 12.1 Å². The first kappa shape index (κ1) is 17.1. The third-order valence-electron chi connectivity index (χ3n) is 4.18. The van der Waals surface area contributed by atoms with Gasteiger partial charge in [0.2, 0.25) is 5.56 Å². The summed E-state index contributed by atoms with van der Waals surface area (Å²) in [5.41, 5.74) is 0.334. The van der Waals surface area contributed by atoms with Crippen LogP contribution in [0.2, 0.25) is 0 Å². The van der Waals surface area contributed by atoms with E-state index in [0.29, 0.717) is 24.5 Å². The van der Waals surface area contributed by atoms with E-state index in [-0.39, 0.29) is 23.6 Å². The monoisotopic (exact) mass is 342 g/mol. The lowest BCUT2D eigenvalue weighted by Crippen LogP contribution is -2.46. The molecule has 1 aromatic heterocycles. The number of carbonyl (C=O) groups excluding carboxylic acids is 1. The van der Waals surface area contributed by atoms with Gasteiger partial charge in [0.25, 0.3) is 5.91 Å². The van der Waals surface area contributed by atoms with Crippen molar-refractivity contribution in [3.05, 3.63) is 58.5 Å². The number of hydrogen-bond donors (Lipinski definition) is 0. The summed E-state index contributed by atoms with van der Waals surface area (Å²) >= 11 is 0. The third-order valence-corrected chi connectivity index (χ3v) is 4.18. The lowest BCUT2D eigenvalue weighted by molar-refractivity contribution is 0.0392. The van der Waals surface area contributed by atoms with Crippen molar-refractivity contribution in [3.8, 4) is 11.5 Å². The van der Waals surface area contributed by atoms with E-state index in [9.17, 15) is 9.59 Å². The van der Waals surface area contributed by atoms with Crippen LogP contribution in [0.1, 0.15) is 24.2 Å². The number of carbonyl (C=O) groups is 1. The second-order valence-electron chi connectivity index (χ2n) is 6.42. The quantitative estimate of drug-likeness (QED) is 0.853. The molecule has 6 heteroatoms. The number of nitrogens with zero attached hydrogens (tertiary/aromatic N) is 2. The van der Waals surface area contributed by atoms with E-state index >= 15 is 0 Å². The maximum atomic E-state index is 12.9. The minimum Gasteiger partial charge on any atom is -0.486 e. The molecular formula is C19H22N2O4. The number of aryl methyl sites for hydroxylation is 1.